The molecule has 4 heteroatoms. The highest BCUT2D eigenvalue weighted by atomic mass is 16.3. The summed E-state index contributed by atoms with van der Waals surface area (Å²) in [6, 6.07) is 11.0. The van der Waals surface area contributed by atoms with Crippen molar-refractivity contribution in [2.24, 2.45) is 11.8 Å². The third-order valence-electron chi connectivity index (χ3n) is 4.46. The summed E-state index contributed by atoms with van der Waals surface area (Å²) in [5, 5.41) is 13.5. The van der Waals surface area contributed by atoms with Crippen LogP contribution in [0.1, 0.15) is 50.1 Å². The fourth-order valence-electron chi connectivity index (χ4n) is 2.38. The van der Waals surface area contributed by atoms with E-state index in [1.54, 1.807) is 12.3 Å². The number of nitrogens with one attached hydrogen (secondary N) is 1. The molecule has 1 heterocycles. The van der Waals surface area contributed by atoms with E-state index in [4.69, 9.17) is 0 Å². The van der Waals surface area contributed by atoms with Crippen molar-refractivity contribution < 1.29 is 9.90 Å². The fraction of sp³-hybridized carbons (Fsp3) is 0.400. The Kier molecular flexibility index (Phi) is 6.10. The number of hydrogen-bond acceptors (Lipinski definition) is 3. The Morgan fingerprint density at radius 1 is 1.21 bits per heavy atom. The number of aromatic nitrogens is 1. The van der Waals surface area contributed by atoms with Gasteiger partial charge in [0.25, 0.3) is 0 Å². The molecule has 128 valence electrons. The molecule has 0 aliphatic carbocycles. The standard InChI is InChI=1S/C20H26N2O2/c1-13(2)15(4)11-19(23)22-18-12-16(9-8-14(18)3)20(24)17-7-5-6-10-21-17/h5-10,12-13,15,20,24H,11H2,1-4H3,(H,22,23)/t15-,20+/m0/s1. The molecular formula is C20H26N2O2. The number of benzene rings is 1. The summed E-state index contributed by atoms with van der Waals surface area (Å²) in [4.78, 5) is 16.4. The summed E-state index contributed by atoms with van der Waals surface area (Å²) in [7, 11) is 0. The van der Waals surface area contributed by atoms with E-state index in [0.29, 0.717) is 29.5 Å². The van der Waals surface area contributed by atoms with Crippen LogP contribution in [0.3, 0.4) is 0 Å². The van der Waals surface area contributed by atoms with E-state index in [0.717, 1.165) is 11.3 Å². The maximum Gasteiger partial charge on any atom is 0.224 e. The zero-order valence-electron chi connectivity index (χ0n) is 14.8. The predicted octanol–water partition coefficient (Wildman–Crippen LogP) is 4.09. The van der Waals surface area contributed by atoms with E-state index in [-0.39, 0.29) is 5.91 Å². The smallest absolute Gasteiger partial charge is 0.224 e. The third-order valence-corrected chi connectivity index (χ3v) is 4.46. The van der Waals surface area contributed by atoms with E-state index in [2.05, 4.69) is 31.1 Å². The monoisotopic (exact) mass is 326 g/mol. The second-order valence-electron chi connectivity index (χ2n) is 6.71. The van der Waals surface area contributed by atoms with Crippen molar-refractivity contribution in [3.63, 3.8) is 0 Å². The molecule has 2 atom stereocenters. The van der Waals surface area contributed by atoms with Gasteiger partial charge in [-0.1, -0.05) is 39.0 Å². The number of pyridine rings is 1. The topological polar surface area (TPSA) is 62.2 Å². The van der Waals surface area contributed by atoms with Gasteiger partial charge in [-0.15, -0.1) is 0 Å². The minimum absolute atomic E-state index is 0.00350. The van der Waals surface area contributed by atoms with Crippen LogP contribution in [0.5, 0.6) is 0 Å². The van der Waals surface area contributed by atoms with Crippen LogP contribution in [0.4, 0.5) is 5.69 Å². The van der Waals surface area contributed by atoms with Gasteiger partial charge in [0.1, 0.15) is 6.10 Å². The maximum absolute atomic E-state index is 12.2. The first-order valence-electron chi connectivity index (χ1n) is 8.38. The number of nitrogens with zero attached hydrogens (tertiary/aromatic N) is 1. The number of aryl methyl sites for hydroxylation is 1. The minimum Gasteiger partial charge on any atom is -0.382 e. The molecule has 0 unspecified atom stereocenters. The van der Waals surface area contributed by atoms with Crippen molar-refractivity contribution in [3.05, 3.63) is 59.4 Å². The van der Waals surface area contributed by atoms with Gasteiger partial charge in [0.2, 0.25) is 5.91 Å². The van der Waals surface area contributed by atoms with Gasteiger partial charge < -0.3 is 10.4 Å². The van der Waals surface area contributed by atoms with Crippen molar-refractivity contribution >= 4 is 11.6 Å². The first-order chi connectivity index (χ1) is 11.4. The molecule has 0 saturated heterocycles. The van der Waals surface area contributed by atoms with Gasteiger partial charge in [0, 0.05) is 18.3 Å². The van der Waals surface area contributed by atoms with Gasteiger partial charge in [-0.3, -0.25) is 9.78 Å². The Morgan fingerprint density at radius 3 is 2.58 bits per heavy atom. The lowest BCUT2D eigenvalue weighted by molar-refractivity contribution is -0.117. The summed E-state index contributed by atoms with van der Waals surface area (Å²) in [6.07, 6.45) is 1.34. The van der Waals surface area contributed by atoms with Crippen LogP contribution in [-0.4, -0.2) is 16.0 Å². The lowest BCUT2D eigenvalue weighted by atomic mass is 9.94. The molecule has 1 aromatic heterocycles. The molecule has 2 aromatic rings. The van der Waals surface area contributed by atoms with Gasteiger partial charge in [0.05, 0.1) is 5.69 Å². The summed E-state index contributed by atoms with van der Waals surface area (Å²) in [5.74, 6) is 0.797. The quantitative estimate of drug-likeness (QED) is 0.840. The predicted molar refractivity (Wildman–Crippen MR) is 96.7 cm³/mol. The molecule has 2 N–H and O–H groups in total. The van der Waals surface area contributed by atoms with Crippen LogP contribution in [0.25, 0.3) is 0 Å². The van der Waals surface area contributed by atoms with Crippen LogP contribution in [0.15, 0.2) is 42.6 Å². The molecule has 1 aromatic carbocycles. The summed E-state index contributed by atoms with van der Waals surface area (Å²) < 4.78 is 0. The van der Waals surface area contributed by atoms with Gasteiger partial charge in [-0.05, 0) is 48.1 Å². The molecule has 0 bridgehead atoms. The van der Waals surface area contributed by atoms with Crippen molar-refractivity contribution in [2.75, 3.05) is 5.32 Å². The summed E-state index contributed by atoms with van der Waals surface area (Å²) in [5.41, 5.74) is 3.01. The number of amides is 1. The molecular weight excluding hydrogens is 300 g/mol. The van der Waals surface area contributed by atoms with Crippen molar-refractivity contribution in [2.45, 2.75) is 40.2 Å². The maximum atomic E-state index is 12.2. The minimum atomic E-state index is -0.808. The van der Waals surface area contributed by atoms with E-state index < -0.39 is 6.10 Å². The Bertz CT molecular complexity index is 683. The first kappa shape index (κ1) is 18.1. The van der Waals surface area contributed by atoms with Crippen molar-refractivity contribution in [1.29, 1.82) is 0 Å². The number of aliphatic hydroxyl groups is 1. The van der Waals surface area contributed by atoms with Gasteiger partial charge in [-0.2, -0.15) is 0 Å². The molecule has 4 nitrogen and oxygen atoms in total. The van der Waals surface area contributed by atoms with Gasteiger partial charge in [0.15, 0.2) is 0 Å². The van der Waals surface area contributed by atoms with Crippen LogP contribution in [0.2, 0.25) is 0 Å². The van der Waals surface area contributed by atoms with Crippen LogP contribution >= 0.6 is 0 Å². The molecule has 0 spiro atoms. The molecule has 0 aliphatic rings. The Balaban J connectivity index is 2.15. The lowest BCUT2D eigenvalue weighted by Gasteiger charge is -2.17. The molecule has 24 heavy (non-hydrogen) atoms. The zero-order valence-corrected chi connectivity index (χ0v) is 14.8. The largest absolute Gasteiger partial charge is 0.382 e. The van der Waals surface area contributed by atoms with Crippen molar-refractivity contribution in [3.8, 4) is 0 Å². The van der Waals surface area contributed by atoms with E-state index in [9.17, 15) is 9.90 Å². The van der Waals surface area contributed by atoms with Crippen LogP contribution in [-0.2, 0) is 4.79 Å². The number of hydrogen-bond donors (Lipinski definition) is 2. The highest BCUT2D eigenvalue weighted by Gasteiger charge is 2.16. The average molecular weight is 326 g/mol. The van der Waals surface area contributed by atoms with Crippen LogP contribution < -0.4 is 5.32 Å². The van der Waals surface area contributed by atoms with Crippen LogP contribution in [0, 0.1) is 18.8 Å². The molecule has 1 amide bonds. The second kappa shape index (κ2) is 8.06. The van der Waals surface area contributed by atoms with Gasteiger partial charge >= 0.3 is 0 Å². The van der Waals surface area contributed by atoms with E-state index in [1.807, 2.05) is 37.3 Å². The molecule has 0 fully saturated rings. The van der Waals surface area contributed by atoms with E-state index in [1.165, 1.54) is 0 Å². The zero-order chi connectivity index (χ0) is 17.7. The number of aliphatic hydroxyl groups excluding tert-OH is 1. The first-order valence-corrected chi connectivity index (χ1v) is 8.38. The lowest BCUT2D eigenvalue weighted by Crippen LogP contribution is -2.18. The Labute approximate surface area is 143 Å². The Hall–Kier alpha value is -2.20. The number of carbonyl (C=O) groups is 1. The summed E-state index contributed by atoms with van der Waals surface area (Å²) >= 11 is 0. The highest BCUT2D eigenvalue weighted by Crippen LogP contribution is 2.26. The SMILES string of the molecule is Cc1ccc([C@@H](O)c2ccccn2)cc1NC(=O)C[C@H](C)C(C)C. The fourth-order valence-corrected chi connectivity index (χ4v) is 2.38. The summed E-state index contributed by atoms with van der Waals surface area (Å²) in [6.45, 7) is 8.26. The normalized spacial score (nSPS) is 13.6. The number of anilines is 1. The number of carbonyl (C=O) groups excluding carboxylic acids is 1. The molecule has 0 aliphatic heterocycles. The highest BCUT2D eigenvalue weighted by molar-refractivity contribution is 5.91. The second-order valence-corrected chi connectivity index (χ2v) is 6.71. The third kappa shape index (κ3) is 4.65. The average Bonchev–Trinajstić information content (AvgIpc) is 2.56. The van der Waals surface area contributed by atoms with E-state index >= 15 is 0 Å². The molecule has 0 saturated carbocycles. The molecule has 0 radical (unpaired) electrons. The van der Waals surface area contributed by atoms with Crippen molar-refractivity contribution in [1.82, 2.24) is 4.98 Å². The van der Waals surface area contributed by atoms with Gasteiger partial charge in [-0.25, -0.2) is 0 Å². The Morgan fingerprint density at radius 2 is 1.96 bits per heavy atom. The number of rotatable bonds is 6. The molecule has 2 rings (SSSR count).